The van der Waals surface area contributed by atoms with Crippen molar-refractivity contribution in [3.63, 3.8) is 0 Å². The lowest BCUT2D eigenvalue weighted by atomic mass is 10.4. The molecule has 0 bridgehead atoms. The van der Waals surface area contributed by atoms with E-state index in [0.29, 0.717) is 6.54 Å². The molecule has 0 spiro atoms. The summed E-state index contributed by atoms with van der Waals surface area (Å²) < 4.78 is 4.30. The summed E-state index contributed by atoms with van der Waals surface area (Å²) in [4.78, 5) is 13.3. The van der Waals surface area contributed by atoms with E-state index in [1.807, 2.05) is 19.0 Å². The fourth-order valence-corrected chi connectivity index (χ4v) is 0.830. The number of aromatic nitrogens is 2. The van der Waals surface area contributed by atoms with Crippen molar-refractivity contribution in [3.8, 4) is 0 Å². The van der Waals surface area contributed by atoms with Gasteiger partial charge in [0.15, 0.2) is 0 Å². The van der Waals surface area contributed by atoms with Crippen LogP contribution in [0.2, 0.25) is 0 Å². The first kappa shape index (κ1) is 10.5. The molecular weight excluding hydrogens is 186 g/mol. The zero-order valence-corrected chi connectivity index (χ0v) is 8.15. The minimum Gasteiger partial charge on any atom is -0.379 e. The number of nitrogen functional groups attached to an aromatic ring is 1. The number of carbonyl (C=O) groups is 1. The van der Waals surface area contributed by atoms with E-state index in [-0.39, 0.29) is 17.4 Å². The van der Waals surface area contributed by atoms with Crippen molar-refractivity contribution in [1.82, 2.24) is 20.5 Å². The maximum Gasteiger partial charge on any atom is 0.277 e. The van der Waals surface area contributed by atoms with E-state index in [9.17, 15) is 4.79 Å². The van der Waals surface area contributed by atoms with Gasteiger partial charge >= 0.3 is 0 Å². The van der Waals surface area contributed by atoms with Crippen LogP contribution in [0.15, 0.2) is 4.63 Å². The number of hydrogen-bond donors (Lipinski definition) is 2. The molecule has 0 aromatic carbocycles. The van der Waals surface area contributed by atoms with E-state index in [4.69, 9.17) is 5.73 Å². The second-order valence-electron chi connectivity index (χ2n) is 3.06. The number of nitrogens with zero attached hydrogens (tertiary/aromatic N) is 3. The van der Waals surface area contributed by atoms with Crippen LogP contribution in [0.5, 0.6) is 0 Å². The Labute approximate surface area is 81.2 Å². The molecule has 78 valence electrons. The molecular formula is C7H13N5O2. The van der Waals surface area contributed by atoms with Crippen molar-refractivity contribution < 1.29 is 9.42 Å². The van der Waals surface area contributed by atoms with Gasteiger partial charge in [0.1, 0.15) is 0 Å². The molecule has 0 atom stereocenters. The van der Waals surface area contributed by atoms with E-state index in [1.54, 1.807) is 0 Å². The van der Waals surface area contributed by atoms with Crippen LogP contribution in [0.3, 0.4) is 0 Å². The lowest BCUT2D eigenvalue weighted by molar-refractivity contribution is 0.0942. The molecule has 1 heterocycles. The summed E-state index contributed by atoms with van der Waals surface area (Å²) in [5, 5.41) is 9.31. The Morgan fingerprint density at radius 2 is 2.29 bits per heavy atom. The maximum absolute atomic E-state index is 11.3. The Kier molecular flexibility index (Phi) is 3.41. The summed E-state index contributed by atoms with van der Waals surface area (Å²) in [6.45, 7) is 1.27. The Hall–Kier alpha value is -1.63. The van der Waals surface area contributed by atoms with Gasteiger partial charge in [-0.25, -0.2) is 4.63 Å². The number of likely N-dealkylation sites (N-methyl/N-ethyl adjacent to an activating group) is 1. The molecule has 0 unspecified atom stereocenters. The number of hydrogen-bond acceptors (Lipinski definition) is 6. The van der Waals surface area contributed by atoms with E-state index in [1.165, 1.54) is 0 Å². The van der Waals surface area contributed by atoms with Gasteiger partial charge in [-0.05, 0) is 24.4 Å². The lowest BCUT2D eigenvalue weighted by Crippen LogP contribution is -2.31. The third kappa shape index (κ3) is 2.70. The summed E-state index contributed by atoms with van der Waals surface area (Å²) in [5.74, 6) is -0.363. The lowest BCUT2D eigenvalue weighted by Gasteiger charge is -2.09. The van der Waals surface area contributed by atoms with Gasteiger partial charge in [-0.3, -0.25) is 4.79 Å². The SMILES string of the molecule is CN(C)CCNC(=O)c1nonc1N. The molecule has 0 aliphatic heterocycles. The molecule has 0 fully saturated rings. The molecule has 14 heavy (non-hydrogen) atoms. The topological polar surface area (TPSA) is 97.3 Å². The van der Waals surface area contributed by atoms with Gasteiger partial charge in [0, 0.05) is 13.1 Å². The zero-order chi connectivity index (χ0) is 10.6. The predicted molar refractivity (Wildman–Crippen MR) is 49.6 cm³/mol. The second-order valence-corrected chi connectivity index (χ2v) is 3.06. The summed E-state index contributed by atoms with van der Waals surface area (Å²) in [6.07, 6.45) is 0. The zero-order valence-electron chi connectivity index (χ0n) is 8.15. The highest BCUT2D eigenvalue weighted by Crippen LogP contribution is 2.02. The fraction of sp³-hybridized carbons (Fsp3) is 0.571. The molecule has 1 amide bonds. The van der Waals surface area contributed by atoms with E-state index >= 15 is 0 Å². The fourth-order valence-electron chi connectivity index (χ4n) is 0.830. The quantitative estimate of drug-likeness (QED) is 0.641. The molecule has 0 saturated carbocycles. The average molecular weight is 199 g/mol. The standard InChI is InChI=1S/C7H13N5O2/c1-12(2)4-3-9-7(13)5-6(8)11-14-10-5/h3-4H2,1-2H3,(H2,8,11)(H,9,13). The third-order valence-electron chi connectivity index (χ3n) is 1.57. The van der Waals surface area contributed by atoms with Crippen molar-refractivity contribution in [2.45, 2.75) is 0 Å². The largest absolute Gasteiger partial charge is 0.379 e. The van der Waals surface area contributed by atoms with Crippen molar-refractivity contribution in [1.29, 1.82) is 0 Å². The molecule has 1 aromatic rings. The summed E-state index contributed by atoms with van der Waals surface area (Å²) in [7, 11) is 3.83. The highest BCUT2D eigenvalue weighted by Gasteiger charge is 2.14. The van der Waals surface area contributed by atoms with Crippen LogP contribution in [0.25, 0.3) is 0 Å². The number of rotatable bonds is 4. The normalized spacial score (nSPS) is 10.5. The molecule has 3 N–H and O–H groups in total. The Morgan fingerprint density at radius 3 is 2.79 bits per heavy atom. The number of amides is 1. The van der Waals surface area contributed by atoms with Gasteiger partial charge in [0.25, 0.3) is 5.91 Å². The number of nitrogens with two attached hydrogens (primary N) is 1. The van der Waals surface area contributed by atoms with Crippen LogP contribution in [0.4, 0.5) is 5.82 Å². The smallest absolute Gasteiger partial charge is 0.277 e. The third-order valence-corrected chi connectivity index (χ3v) is 1.57. The van der Waals surface area contributed by atoms with Crippen molar-refractivity contribution in [3.05, 3.63) is 5.69 Å². The highest BCUT2D eigenvalue weighted by atomic mass is 16.6. The molecule has 1 rings (SSSR count). The Balaban J connectivity index is 2.40. The van der Waals surface area contributed by atoms with Crippen molar-refractivity contribution >= 4 is 11.7 Å². The Morgan fingerprint density at radius 1 is 1.57 bits per heavy atom. The van der Waals surface area contributed by atoms with Crippen LogP contribution in [-0.2, 0) is 0 Å². The Bertz CT molecular complexity index is 309. The molecule has 0 saturated heterocycles. The van der Waals surface area contributed by atoms with Gasteiger partial charge in [-0.15, -0.1) is 0 Å². The predicted octanol–water partition coefficient (Wildman–Crippen LogP) is -1.06. The highest BCUT2D eigenvalue weighted by molar-refractivity contribution is 5.95. The number of anilines is 1. The first-order chi connectivity index (χ1) is 6.61. The molecule has 1 aromatic heterocycles. The molecule has 7 nitrogen and oxygen atoms in total. The van der Waals surface area contributed by atoms with E-state index in [0.717, 1.165) is 6.54 Å². The van der Waals surface area contributed by atoms with Gasteiger partial charge in [-0.2, -0.15) is 0 Å². The van der Waals surface area contributed by atoms with E-state index < -0.39 is 0 Å². The number of carbonyl (C=O) groups excluding carboxylic acids is 1. The second kappa shape index (κ2) is 4.56. The number of nitrogens with one attached hydrogen (secondary N) is 1. The summed E-state index contributed by atoms with van der Waals surface area (Å²) in [6, 6.07) is 0. The minimum absolute atomic E-state index is 0.00681. The molecule has 0 aliphatic rings. The summed E-state index contributed by atoms with van der Waals surface area (Å²) in [5.41, 5.74) is 5.37. The van der Waals surface area contributed by atoms with Crippen LogP contribution in [0.1, 0.15) is 10.5 Å². The van der Waals surface area contributed by atoms with Crippen LogP contribution >= 0.6 is 0 Å². The molecule has 0 aliphatic carbocycles. The van der Waals surface area contributed by atoms with E-state index in [2.05, 4.69) is 20.3 Å². The van der Waals surface area contributed by atoms with Gasteiger partial charge in [0.05, 0.1) is 0 Å². The minimum atomic E-state index is -0.370. The average Bonchev–Trinajstić information content (AvgIpc) is 2.50. The summed E-state index contributed by atoms with van der Waals surface area (Å²) >= 11 is 0. The maximum atomic E-state index is 11.3. The first-order valence-corrected chi connectivity index (χ1v) is 4.12. The van der Waals surface area contributed by atoms with Gasteiger partial charge < -0.3 is 16.0 Å². The van der Waals surface area contributed by atoms with Crippen molar-refractivity contribution in [2.75, 3.05) is 32.9 Å². The van der Waals surface area contributed by atoms with Crippen LogP contribution in [-0.4, -0.2) is 48.3 Å². The van der Waals surface area contributed by atoms with Crippen LogP contribution in [0, 0.1) is 0 Å². The molecule has 7 heteroatoms. The van der Waals surface area contributed by atoms with Gasteiger partial charge in [-0.1, -0.05) is 0 Å². The molecule has 0 radical (unpaired) electrons. The monoisotopic (exact) mass is 199 g/mol. The van der Waals surface area contributed by atoms with Gasteiger partial charge in [0.2, 0.25) is 11.5 Å². The van der Waals surface area contributed by atoms with Crippen molar-refractivity contribution in [2.24, 2.45) is 0 Å². The first-order valence-electron chi connectivity index (χ1n) is 4.12. The van der Waals surface area contributed by atoms with Crippen LogP contribution < -0.4 is 11.1 Å².